The van der Waals surface area contributed by atoms with Crippen molar-refractivity contribution in [3.05, 3.63) is 71.7 Å². The zero-order valence-corrected chi connectivity index (χ0v) is 19.2. The standard InChI is InChI=1S/C28H29N3O2/c1-17-12-23(13-17)29-26-5-3-4-19-15-20(6-9-25(19)26)27-30-28(33-31-27)21-7-8-24(18(2)14-21)22-10-11-32-16-22/h6-11,14-17,23,26,29H,3-5,12-13H2,1-2H3. The number of aromatic nitrogens is 2. The zero-order valence-electron chi connectivity index (χ0n) is 19.2. The lowest BCUT2D eigenvalue weighted by Crippen LogP contribution is -2.42. The molecule has 2 aliphatic carbocycles. The highest BCUT2D eigenvalue weighted by molar-refractivity contribution is 5.71. The summed E-state index contributed by atoms with van der Waals surface area (Å²) in [4.78, 5) is 4.72. The van der Waals surface area contributed by atoms with E-state index in [2.05, 4.69) is 54.7 Å². The van der Waals surface area contributed by atoms with Crippen LogP contribution in [0.4, 0.5) is 0 Å². The largest absolute Gasteiger partial charge is 0.472 e. The second-order valence-electron chi connectivity index (χ2n) is 9.76. The van der Waals surface area contributed by atoms with Gasteiger partial charge in [0.25, 0.3) is 5.89 Å². The Labute approximate surface area is 194 Å². The topological polar surface area (TPSA) is 64.1 Å². The van der Waals surface area contributed by atoms with Crippen molar-refractivity contribution in [3.63, 3.8) is 0 Å². The molecule has 2 aromatic carbocycles. The minimum atomic E-state index is 0.470. The van der Waals surface area contributed by atoms with Gasteiger partial charge >= 0.3 is 0 Å². The van der Waals surface area contributed by atoms with E-state index in [4.69, 9.17) is 13.9 Å². The Morgan fingerprint density at radius 1 is 1.00 bits per heavy atom. The van der Waals surface area contributed by atoms with Gasteiger partial charge in [0.1, 0.15) is 0 Å². The molecular formula is C28H29N3O2. The average molecular weight is 440 g/mol. The van der Waals surface area contributed by atoms with Crippen LogP contribution in [0.2, 0.25) is 0 Å². The Morgan fingerprint density at radius 2 is 1.88 bits per heavy atom. The van der Waals surface area contributed by atoms with Crippen molar-refractivity contribution in [2.45, 2.75) is 58.0 Å². The maximum absolute atomic E-state index is 5.65. The minimum Gasteiger partial charge on any atom is -0.472 e. The van der Waals surface area contributed by atoms with Crippen LogP contribution in [-0.4, -0.2) is 16.2 Å². The van der Waals surface area contributed by atoms with E-state index in [1.165, 1.54) is 36.8 Å². The second-order valence-corrected chi connectivity index (χ2v) is 9.76. The lowest BCUT2D eigenvalue weighted by molar-refractivity contribution is 0.215. The van der Waals surface area contributed by atoms with Gasteiger partial charge in [-0.2, -0.15) is 4.98 Å². The van der Waals surface area contributed by atoms with Crippen molar-refractivity contribution in [3.8, 4) is 34.0 Å². The van der Waals surface area contributed by atoms with Gasteiger partial charge in [0, 0.05) is 28.8 Å². The van der Waals surface area contributed by atoms with Gasteiger partial charge in [-0.3, -0.25) is 0 Å². The highest BCUT2D eigenvalue weighted by atomic mass is 16.5. The van der Waals surface area contributed by atoms with Crippen molar-refractivity contribution in [1.29, 1.82) is 0 Å². The number of benzene rings is 2. The van der Waals surface area contributed by atoms with Crippen LogP contribution >= 0.6 is 0 Å². The summed E-state index contributed by atoms with van der Waals surface area (Å²) in [5.41, 5.74) is 8.15. The Bertz CT molecular complexity index is 1270. The van der Waals surface area contributed by atoms with Gasteiger partial charge in [-0.1, -0.05) is 30.3 Å². The fourth-order valence-electron chi connectivity index (χ4n) is 5.45. The molecule has 1 atom stereocenters. The predicted octanol–water partition coefficient (Wildman–Crippen LogP) is 6.74. The lowest BCUT2D eigenvalue weighted by Gasteiger charge is -2.38. The molecule has 1 fully saturated rings. The first kappa shape index (κ1) is 20.4. The van der Waals surface area contributed by atoms with Gasteiger partial charge < -0.3 is 14.3 Å². The molecule has 33 heavy (non-hydrogen) atoms. The number of furan rings is 1. The first-order valence-electron chi connectivity index (χ1n) is 12.0. The molecule has 1 N–H and O–H groups in total. The van der Waals surface area contributed by atoms with E-state index in [1.807, 2.05) is 12.1 Å². The van der Waals surface area contributed by atoms with Crippen molar-refractivity contribution in [1.82, 2.24) is 15.5 Å². The molecule has 0 aliphatic heterocycles. The molecule has 2 aromatic heterocycles. The fourth-order valence-corrected chi connectivity index (χ4v) is 5.45. The van der Waals surface area contributed by atoms with Gasteiger partial charge in [0.2, 0.25) is 5.82 Å². The molecule has 2 aliphatic rings. The minimum absolute atomic E-state index is 0.470. The van der Waals surface area contributed by atoms with E-state index in [1.54, 1.807) is 12.5 Å². The number of nitrogens with one attached hydrogen (secondary N) is 1. The van der Waals surface area contributed by atoms with E-state index in [-0.39, 0.29) is 0 Å². The van der Waals surface area contributed by atoms with E-state index in [0.717, 1.165) is 40.2 Å². The maximum atomic E-state index is 5.65. The molecule has 4 aromatic rings. The number of aryl methyl sites for hydroxylation is 2. The summed E-state index contributed by atoms with van der Waals surface area (Å²) in [6, 6.07) is 16.0. The number of hydrogen-bond acceptors (Lipinski definition) is 5. The smallest absolute Gasteiger partial charge is 0.258 e. The molecule has 5 heteroatoms. The molecule has 1 saturated carbocycles. The van der Waals surface area contributed by atoms with Crippen molar-refractivity contribution < 1.29 is 8.94 Å². The molecule has 0 spiro atoms. The molecule has 5 nitrogen and oxygen atoms in total. The van der Waals surface area contributed by atoms with Crippen LogP contribution in [0.25, 0.3) is 34.0 Å². The van der Waals surface area contributed by atoms with Crippen molar-refractivity contribution in [2.24, 2.45) is 5.92 Å². The van der Waals surface area contributed by atoms with Gasteiger partial charge in [-0.25, -0.2) is 0 Å². The Balaban J connectivity index is 1.23. The lowest BCUT2D eigenvalue weighted by atomic mass is 9.79. The molecule has 1 unspecified atom stereocenters. The SMILES string of the molecule is Cc1cc(-c2nc(-c3ccc4c(c3)CCCC4NC3CC(C)C3)no2)ccc1-c1ccoc1. The first-order chi connectivity index (χ1) is 16.1. The van der Waals surface area contributed by atoms with E-state index >= 15 is 0 Å². The van der Waals surface area contributed by atoms with Crippen LogP contribution in [0.1, 0.15) is 55.3 Å². The normalized spacial score (nSPS) is 22.1. The molecule has 6 rings (SSSR count). The average Bonchev–Trinajstić information content (AvgIpc) is 3.50. The summed E-state index contributed by atoms with van der Waals surface area (Å²) in [6.45, 7) is 4.43. The molecular weight excluding hydrogens is 410 g/mol. The third kappa shape index (κ3) is 3.91. The fraction of sp³-hybridized carbons (Fsp3) is 0.357. The highest BCUT2D eigenvalue weighted by Gasteiger charge is 2.30. The van der Waals surface area contributed by atoms with Gasteiger partial charge in [0.05, 0.1) is 12.5 Å². The summed E-state index contributed by atoms with van der Waals surface area (Å²) in [7, 11) is 0. The monoisotopic (exact) mass is 439 g/mol. The van der Waals surface area contributed by atoms with Crippen LogP contribution in [0, 0.1) is 12.8 Å². The Kier molecular flexibility index (Phi) is 5.14. The zero-order chi connectivity index (χ0) is 22.4. The molecule has 0 saturated heterocycles. The summed E-state index contributed by atoms with van der Waals surface area (Å²) in [5, 5.41) is 8.19. The summed E-state index contributed by atoms with van der Waals surface area (Å²) >= 11 is 0. The van der Waals surface area contributed by atoms with E-state index in [0.29, 0.717) is 23.8 Å². The maximum Gasteiger partial charge on any atom is 0.258 e. The number of rotatable bonds is 5. The number of nitrogens with zero attached hydrogens (tertiary/aromatic N) is 2. The first-order valence-corrected chi connectivity index (χ1v) is 12.0. The van der Waals surface area contributed by atoms with Crippen LogP contribution in [-0.2, 0) is 6.42 Å². The number of fused-ring (bicyclic) bond motifs is 1. The quantitative estimate of drug-likeness (QED) is 0.373. The molecule has 2 heterocycles. The van der Waals surface area contributed by atoms with Crippen LogP contribution < -0.4 is 5.32 Å². The molecule has 0 radical (unpaired) electrons. The van der Waals surface area contributed by atoms with Gasteiger partial charge in [-0.05, 0) is 91.5 Å². The van der Waals surface area contributed by atoms with E-state index in [9.17, 15) is 0 Å². The molecule has 0 amide bonds. The predicted molar refractivity (Wildman–Crippen MR) is 129 cm³/mol. The third-order valence-corrected chi connectivity index (χ3v) is 7.26. The van der Waals surface area contributed by atoms with Gasteiger partial charge in [-0.15, -0.1) is 0 Å². The Hall–Kier alpha value is -3.18. The van der Waals surface area contributed by atoms with Crippen molar-refractivity contribution >= 4 is 0 Å². The third-order valence-electron chi connectivity index (χ3n) is 7.26. The van der Waals surface area contributed by atoms with Crippen molar-refractivity contribution in [2.75, 3.05) is 0 Å². The van der Waals surface area contributed by atoms with E-state index < -0.39 is 0 Å². The summed E-state index contributed by atoms with van der Waals surface area (Å²) in [5.74, 6) is 2.06. The molecule has 0 bridgehead atoms. The highest BCUT2D eigenvalue weighted by Crippen LogP contribution is 2.36. The Morgan fingerprint density at radius 3 is 2.67 bits per heavy atom. The van der Waals surface area contributed by atoms with Crippen LogP contribution in [0.3, 0.4) is 0 Å². The number of hydrogen-bond donors (Lipinski definition) is 1. The molecule has 168 valence electrons. The van der Waals surface area contributed by atoms with Crippen LogP contribution in [0.15, 0.2) is 63.9 Å². The van der Waals surface area contributed by atoms with Crippen LogP contribution in [0.5, 0.6) is 0 Å². The van der Waals surface area contributed by atoms with Gasteiger partial charge in [0.15, 0.2) is 0 Å². The second kappa shape index (κ2) is 8.31. The summed E-state index contributed by atoms with van der Waals surface area (Å²) in [6.07, 6.45) is 9.61. The summed E-state index contributed by atoms with van der Waals surface area (Å²) < 4.78 is 10.9.